The summed E-state index contributed by atoms with van der Waals surface area (Å²) in [5.41, 5.74) is 5.91. The molecule has 5 rings (SSSR count). The van der Waals surface area contributed by atoms with Crippen molar-refractivity contribution in [1.29, 1.82) is 0 Å². The Morgan fingerprint density at radius 1 is 1.17 bits per heavy atom. The summed E-state index contributed by atoms with van der Waals surface area (Å²) in [4.78, 5) is 0. The van der Waals surface area contributed by atoms with Crippen molar-refractivity contribution in [3.63, 3.8) is 0 Å². The molecule has 0 atom stereocenters. The van der Waals surface area contributed by atoms with Gasteiger partial charge in [0, 0.05) is 0 Å². The molecule has 2 aromatic rings. The van der Waals surface area contributed by atoms with E-state index in [0.717, 1.165) is 23.8 Å². The second-order valence-electron chi connectivity index (χ2n) is 6.51. The normalized spacial score (nSPS) is 20.4. The summed E-state index contributed by atoms with van der Waals surface area (Å²) in [5, 5.41) is 3.65. The van der Waals surface area contributed by atoms with Crippen LogP contribution in [0.25, 0.3) is 9.41 Å². The maximum atomic E-state index is 5.58. The fraction of sp³-hybridized carbons (Fsp3) is 0.200. The van der Waals surface area contributed by atoms with Crippen LogP contribution in [0.15, 0.2) is 51.5 Å². The minimum atomic E-state index is -2.10. The van der Waals surface area contributed by atoms with Gasteiger partial charge < -0.3 is 0 Å². The van der Waals surface area contributed by atoms with E-state index in [-0.39, 0.29) is 0 Å². The molecule has 1 saturated heterocycles. The summed E-state index contributed by atoms with van der Waals surface area (Å²) >= 11 is -0.103. The number of thioether (sulfide) groups is 1. The minimum absolute atomic E-state index is 1.02. The zero-order valence-electron chi connectivity index (χ0n) is 13.6. The quantitative estimate of drug-likeness (QED) is 0.801. The first-order valence-electron chi connectivity index (χ1n) is 8.37. The van der Waals surface area contributed by atoms with E-state index >= 15 is 0 Å². The summed E-state index contributed by atoms with van der Waals surface area (Å²) < 4.78 is 10.7. The van der Waals surface area contributed by atoms with Crippen molar-refractivity contribution in [2.75, 3.05) is 18.7 Å². The van der Waals surface area contributed by atoms with Crippen molar-refractivity contribution in [3.8, 4) is 5.75 Å². The molecule has 0 saturated carbocycles. The summed E-state index contributed by atoms with van der Waals surface area (Å²) in [6.07, 6.45) is 3.55. The summed E-state index contributed by atoms with van der Waals surface area (Å²) in [6, 6.07) is 15.4. The van der Waals surface area contributed by atoms with Crippen LogP contribution in [0, 0.1) is 0 Å². The van der Waals surface area contributed by atoms with Crippen LogP contribution in [-0.2, 0) is 6.42 Å². The van der Waals surface area contributed by atoms with Gasteiger partial charge in [-0.25, -0.2) is 0 Å². The molecular weight excluding hydrogens is 417 g/mol. The number of hydrogen-bond donors (Lipinski definition) is 1. The van der Waals surface area contributed by atoms with Gasteiger partial charge in [0.15, 0.2) is 0 Å². The Hall–Kier alpha value is -1.26. The average Bonchev–Trinajstić information content (AvgIpc) is 3.29. The molecule has 24 heavy (non-hydrogen) atoms. The molecule has 0 radical (unpaired) electrons. The van der Waals surface area contributed by atoms with Crippen LogP contribution in [0.1, 0.15) is 16.7 Å². The Kier molecular flexibility index (Phi) is 3.71. The van der Waals surface area contributed by atoms with Crippen LogP contribution >= 0.6 is 11.8 Å². The second-order valence-corrected chi connectivity index (χ2v) is 15.5. The second kappa shape index (κ2) is 5.92. The molecule has 1 N–H and O–H groups in total. The van der Waals surface area contributed by atoms with Gasteiger partial charge in [-0.05, 0) is 0 Å². The zero-order valence-corrected chi connectivity index (χ0v) is 17.7. The van der Waals surface area contributed by atoms with Crippen molar-refractivity contribution >= 4 is 45.9 Å². The predicted octanol–water partition coefficient (Wildman–Crippen LogP) is 3.13. The Bertz CT molecular complexity index is 894. The standard InChI is InChI=1S/C20H18NOS.In/c1-22-20-12-5-4-8-17(20)11-6-10-16-7-2-3-9-18(16)13-19-14-23-15-21-19;/h2-5,8-10,12,21H,11,14-15H2,1H3;. The van der Waals surface area contributed by atoms with E-state index in [4.69, 9.17) is 4.74 Å². The van der Waals surface area contributed by atoms with Gasteiger partial charge in [-0.2, -0.15) is 0 Å². The third-order valence-corrected chi connectivity index (χ3v) is 16.0. The third kappa shape index (κ3) is 2.19. The molecule has 0 aliphatic carbocycles. The summed E-state index contributed by atoms with van der Waals surface area (Å²) in [6.45, 7) is 0. The summed E-state index contributed by atoms with van der Waals surface area (Å²) in [5.74, 6) is 3.24. The fourth-order valence-electron chi connectivity index (χ4n) is 4.27. The molecule has 3 aliphatic rings. The number of rotatable bonds is 3. The molecule has 4 bridgehead atoms. The van der Waals surface area contributed by atoms with Crippen molar-refractivity contribution in [3.05, 3.63) is 68.2 Å². The van der Waals surface area contributed by atoms with Gasteiger partial charge in [0.1, 0.15) is 0 Å². The van der Waals surface area contributed by atoms with Crippen LogP contribution in [0.4, 0.5) is 0 Å². The van der Waals surface area contributed by atoms with E-state index in [1.807, 2.05) is 11.8 Å². The van der Waals surface area contributed by atoms with Crippen LogP contribution in [0.2, 0.25) is 0 Å². The molecule has 2 aromatic carbocycles. The first-order valence-corrected chi connectivity index (χ1v) is 14.5. The molecule has 0 amide bonds. The maximum absolute atomic E-state index is 5.58. The van der Waals surface area contributed by atoms with Gasteiger partial charge >= 0.3 is 155 Å². The number of methoxy groups -OCH3 is 1. The topological polar surface area (TPSA) is 21.3 Å². The van der Waals surface area contributed by atoms with Crippen LogP contribution in [0.3, 0.4) is 0 Å². The fourth-order valence-corrected chi connectivity index (χ4v) is 16.4. The van der Waals surface area contributed by atoms with E-state index in [9.17, 15) is 0 Å². The SMILES string of the molecule is COc1ccccc1C[C]1=Cc2c3ccc[c]2[In]1/[C]3=C1/CSCN1. The van der Waals surface area contributed by atoms with Crippen molar-refractivity contribution in [2.45, 2.75) is 6.42 Å². The Morgan fingerprint density at radius 3 is 2.88 bits per heavy atom. The molecule has 4 heteroatoms. The molecular formula is C20H18InNOS. The van der Waals surface area contributed by atoms with E-state index in [1.54, 1.807) is 17.1 Å². The number of ether oxygens (including phenoxy) is 1. The molecule has 118 valence electrons. The van der Waals surface area contributed by atoms with Gasteiger partial charge in [0.05, 0.1) is 0 Å². The Labute approximate surface area is 154 Å². The predicted molar refractivity (Wildman–Crippen MR) is 104 cm³/mol. The van der Waals surface area contributed by atoms with Gasteiger partial charge in [-0.15, -0.1) is 0 Å². The molecule has 2 nitrogen and oxygen atoms in total. The monoisotopic (exact) mass is 435 g/mol. The van der Waals surface area contributed by atoms with Gasteiger partial charge in [-0.3, -0.25) is 0 Å². The Morgan fingerprint density at radius 2 is 2.08 bits per heavy atom. The number of hydrogen-bond acceptors (Lipinski definition) is 3. The molecule has 0 spiro atoms. The molecule has 0 unspecified atom stereocenters. The zero-order chi connectivity index (χ0) is 16.1. The first-order chi connectivity index (χ1) is 11.9. The molecule has 3 aliphatic heterocycles. The van der Waals surface area contributed by atoms with E-state index in [1.165, 1.54) is 22.4 Å². The third-order valence-electron chi connectivity index (χ3n) is 5.28. The van der Waals surface area contributed by atoms with Crippen molar-refractivity contribution < 1.29 is 4.74 Å². The van der Waals surface area contributed by atoms with Crippen LogP contribution in [-0.4, -0.2) is 40.2 Å². The van der Waals surface area contributed by atoms with Gasteiger partial charge in [-0.1, -0.05) is 0 Å². The average molecular weight is 435 g/mol. The van der Waals surface area contributed by atoms with Gasteiger partial charge in [0.2, 0.25) is 0 Å². The van der Waals surface area contributed by atoms with Crippen LogP contribution < -0.4 is 13.4 Å². The van der Waals surface area contributed by atoms with E-state index < -0.39 is 21.4 Å². The number of benzene rings is 2. The number of para-hydroxylation sites is 1. The van der Waals surface area contributed by atoms with Crippen LogP contribution in [0.5, 0.6) is 5.75 Å². The van der Waals surface area contributed by atoms with E-state index in [2.05, 4.69) is 53.9 Å². The van der Waals surface area contributed by atoms with E-state index in [0.29, 0.717) is 0 Å². The number of nitrogens with one attached hydrogen (secondary N) is 1. The first kappa shape index (κ1) is 15.0. The summed E-state index contributed by atoms with van der Waals surface area (Å²) in [7, 11) is 1.77. The van der Waals surface area contributed by atoms with Crippen molar-refractivity contribution in [1.82, 2.24) is 5.32 Å². The molecule has 0 aromatic heterocycles. The Balaban J connectivity index is 1.58. The molecule has 1 fully saturated rings. The van der Waals surface area contributed by atoms with Gasteiger partial charge in [0.25, 0.3) is 0 Å². The molecule has 3 heterocycles. The van der Waals surface area contributed by atoms with Crippen molar-refractivity contribution in [2.24, 2.45) is 0 Å². The number of allylic oxidation sites excluding steroid dienone is 1.